The van der Waals surface area contributed by atoms with Crippen molar-refractivity contribution in [1.29, 1.82) is 0 Å². The van der Waals surface area contributed by atoms with E-state index in [4.69, 9.17) is 0 Å². The van der Waals surface area contributed by atoms with Gasteiger partial charge in [0.15, 0.2) is 11.6 Å². The minimum atomic E-state index is -0.0373. The van der Waals surface area contributed by atoms with E-state index in [1.165, 1.54) is 13.8 Å². The second-order valence-corrected chi connectivity index (χ2v) is 5.33. The van der Waals surface area contributed by atoms with E-state index in [2.05, 4.69) is 0 Å². The summed E-state index contributed by atoms with van der Waals surface area (Å²) < 4.78 is 0. The Labute approximate surface area is 140 Å². The van der Waals surface area contributed by atoms with Crippen molar-refractivity contribution in [1.82, 2.24) is 0 Å². The Hall–Kier alpha value is -0.918. The van der Waals surface area contributed by atoms with Crippen LogP contribution in [0.15, 0.2) is 22.7 Å². The van der Waals surface area contributed by atoms with Gasteiger partial charge in [-0.05, 0) is 63.5 Å². The molecule has 0 spiro atoms. The molecule has 0 aromatic rings. The van der Waals surface area contributed by atoms with E-state index in [0.717, 1.165) is 25.7 Å². The topological polar surface area (TPSA) is 80.3 Å². The normalized spacial score (nSPS) is 18.4. The molecule has 2 aliphatic rings. The van der Waals surface area contributed by atoms with Crippen LogP contribution in [0.5, 0.6) is 0 Å². The van der Waals surface area contributed by atoms with Crippen molar-refractivity contribution in [3.05, 3.63) is 22.7 Å². The standard InChI is InChI=1S/2C8H12O2.Pd/c2*1-6(9)7-4-2-3-5-8(7)10;/h2*10H,2-5H2,1H3;/q;;+2/p-2. The number of carbonyl (C=O) groups excluding carboxylic acids is 2. The summed E-state index contributed by atoms with van der Waals surface area (Å²) >= 11 is 0. The van der Waals surface area contributed by atoms with Gasteiger partial charge in [0.1, 0.15) is 0 Å². The van der Waals surface area contributed by atoms with Crippen molar-refractivity contribution < 1.29 is 40.2 Å². The van der Waals surface area contributed by atoms with Crippen molar-refractivity contribution in [3.63, 3.8) is 0 Å². The fraction of sp³-hybridized carbons (Fsp3) is 0.625. The monoisotopic (exact) mass is 384 g/mol. The molecule has 0 amide bonds. The van der Waals surface area contributed by atoms with Crippen LogP contribution in [-0.2, 0) is 30.0 Å². The first kappa shape index (κ1) is 20.1. The molecule has 2 aliphatic carbocycles. The van der Waals surface area contributed by atoms with Crippen molar-refractivity contribution >= 4 is 11.6 Å². The van der Waals surface area contributed by atoms with Crippen molar-refractivity contribution in [2.24, 2.45) is 0 Å². The smallest absolute Gasteiger partial charge is 0.875 e. The van der Waals surface area contributed by atoms with Crippen LogP contribution in [0.2, 0.25) is 0 Å². The summed E-state index contributed by atoms with van der Waals surface area (Å²) in [5, 5.41) is 22.0. The molecule has 0 fully saturated rings. The first-order valence-corrected chi connectivity index (χ1v) is 7.23. The van der Waals surface area contributed by atoms with Gasteiger partial charge in [-0.2, -0.15) is 0 Å². The molecule has 0 aromatic carbocycles. The molecule has 0 saturated heterocycles. The number of rotatable bonds is 2. The molecule has 0 aromatic heterocycles. The van der Waals surface area contributed by atoms with Crippen LogP contribution in [0.4, 0.5) is 0 Å². The maximum absolute atomic E-state index is 11.0. The summed E-state index contributed by atoms with van der Waals surface area (Å²) in [5.74, 6) is 0.0619. The summed E-state index contributed by atoms with van der Waals surface area (Å²) in [6.07, 6.45) is 6.47. The van der Waals surface area contributed by atoms with Crippen LogP contribution in [0.3, 0.4) is 0 Å². The van der Waals surface area contributed by atoms with E-state index >= 15 is 0 Å². The zero-order valence-electron chi connectivity index (χ0n) is 12.6. The molecule has 120 valence electrons. The van der Waals surface area contributed by atoms with Gasteiger partial charge in [-0.3, -0.25) is 9.59 Å². The minimum absolute atomic E-state index is 0. The molecule has 2 rings (SSSR count). The van der Waals surface area contributed by atoms with Crippen molar-refractivity contribution in [2.75, 3.05) is 0 Å². The van der Waals surface area contributed by atoms with E-state index < -0.39 is 0 Å². The van der Waals surface area contributed by atoms with Crippen LogP contribution in [0.25, 0.3) is 0 Å². The Morgan fingerprint density at radius 1 is 0.714 bits per heavy atom. The Morgan fingerprint density at radius 2 is 1.00 bits per heavy atom. The maximum atomic E-state index is 11.0. The van der Waals surface area contributed by atoms with E-state index in [1.54, 1.807) is 0 Å². The molecule has 0 heterocycles. The molecule has 5 heteroatoms. The molecule has 4 nitrogen and oxygen atoms in total. The third kappa shape index (κ3) is 6.58. The predicted octanol–water partition coefficient (Wildman–Crippen LogP) is 1.53. The average Bonchev–Trinajstić information content (AvgIpc) is 2.40. The van der Waals surface area contributed by atoms with E-state index in [-0.39, 0.29) is 43.5 Å². The average molecular weight is 385 g/mol. The molecule has 0 saturated carbocycles. The first-order valence-electron chi connectivity index (χ1n) is 7.23. The first-order chi connectivity index (χ1) is 9.43. The number of Topliss-reactive ketones (excluding diaryl/α,β-unsaturated/α-hetero) is 2. The number of hydrogen-bond acceptors (Lipinski definition) is 4. The Bertz CT molecular complexity index is 407. The summed E-state index contributed by atoms with van der Waals surface area (Å²) in [5.41, 5.74) is 1.07. The van der Waals surface area contributed by atoms with Gasteiger partial charge in [0, 0.05) is 0 Å². The van der Waals surface area contributed by atoms with Crippen LogP contribution < -0.4 is 10.2 Å². The van der Waals surface area contributed by atoms with E-state index in [1.807, 2.05) is 0 Å². The maximum Gasteiger partial charge on any atom is 2.00 e. The van der Waals surface area contributed by atoms with Crippen LogP contribution in [0, 0.1) is 0 Å². The van der Waals surface area contributed by atoms with Crippen molar-refractivity contribution in [3.8, 4) is 0 Å². The Balaban J connectivity index is 0.000000364. The summed E-state index contributed by atoms with van der Waals surface area (Å²) in [7, 11) is 0. The Kier molecular flexibility index (Phi) is 9.48. The van der Waals surface area contributed by atoms with Gasteiger partial charge in [0.25, 0.3) is 0 Å². The second-order valence-electron chi connectivity index (χ2n) is 5.33. The minimum Gasteiger partial charge on any atom is -0.875 e. The molecule has 0 aliphatic heterocycles. The van der Waals surface area contributed by atoms with Crippen LogP contribution in [-0.4, -0.2) is 11.6 Å². The predicted molar refractivity (Wildman–Crippen MR) is 72.4 cm³/mol. The second kappa shape index (κ2) is 9.92. The van der Waals surface area contributed by atoms with Gasteiger partial charge in [-0.15, -0.1) is 11.5 Å². The molecule has 0 radical (unpaired) electrons. The summed E-state index contributed by atoms with van der Waals surface area (Å²) in [4.78, 5) is 21.5. The number of hydrogen-bond donors (Lipinski definition) is 0. The van der Waals surface area contributed by atoms with Crippen molar-refractivity contribution in [2.45, 2.75) is 65.2 Å². The molecular formula is C16H22O4Pd. The number of ketones is 2. The zero-order valence-corrected chi connectivity index (χ0v) is 14.2. The van der Waals surface area contributed by atoms with Gasteiger partial charge in [0.05, 0.1) is 0 Å². The molecule has 0 bridgehead atoms. The molecule has 21 heavy (non-hydrogen) atoms. The fourth-order valence-corrected chi connectivity index (χ4v) is 2.50. The van der Waals surface area contributed by atoms with Gasteiger partial charge in [-0.25, -0.2) is 0 Å². The molecule has 0 N–H and O–H groups in total. The summed E-state index contributed by atoms with van der Waals surface area (Å²) in [6.45, 7) is 2.94. The number of allylic oxidation sites excluding steroid dienone is 4. The van der Waals surface area contributed by atoms with Gasteiger partial charge < -0.3 is 10.2 Å². The van der Waals surface area contributed by atoms with Gasteiger partial charge in [0.2, 0.25) is 0 Å². The van der Waals surface area contributed by atoms with Gasteiger partial charge in [-0.1, -0.05) is 12.8 Å². The van der Waals surface area contributed by atoms with Crippen LogP contribution >= 0.6 is 0 Å². The van der Waals surface area contributed by atoms with E-state index in [9.17, 15) is 19.8 Å². The molecule has 0 atom stereocenters. The third-order valence-corrected chi connectivity index (χ3v) is 3.68. The third-order valence-electron chi connectivity index (χ3n) is 3.68. The number of carbonyl (C=O) groups is 2. The molecular weight excluding hydrogens is 363 g/mol. The Morgan fingerprint density at radius 3 is 1.19 bits per heavy atom. The zero-order chi connectivity index (χ0) is 15.1. The van der Waals surface area contributed by atoms with E-state index in [0.29, 0.717) is 36.8 Å². The largest absolute Gasteiger partial charge is 2.00 e. The quantitative estimate of drug-likeness (QED) is 0.676. The van der Waals surface area contributed by atoms with Crippen LogP contribution in [0.1, 0.15) is 65.2 Å². The summed E-state index contributed by atoms with van der Waals surface area (Å²) in [6, 6.07) is 0. The SMILES string of the molecule is CC(=O)C1=C([O-])CCCC1.CC(=O)C1=C([O-])CCCC1.[Pd+2]. The fourth-order valence-electron chi connectivity index (χ4n) is 2.50. The molecule has 0 unspecified atom stereocenters. The van der Waals surface area contributed by atoms with Gasteiger partial charge >= 0.3 is 20.4 Å².